The molecular formula is C24H23ClN2O2S. The molecule has 0 saturated carbocycles. The highest BCUT2D eigenvalue weighted by Gasteiger charge is 2.28. The van der Waals surface area contributed by atoms with Crippen molar-refractivity contribution in [2.75, 3.05) is 6.54 Å². The van der Waals surface area contributed by atoms with Crippen molar-refractivity contribution in [2.45, 2.75) is 37.4 Å². The van der Waals surface area contributed by atoms with E-state index in [2.05, 4.69) is 16.4 Å². The summed E-state index contributed by atoms with van der Waals surface area (Å²) in [6.45, 7) is 0.631. The van der Waals surface area contributed by atoms with Crippen LogP contribution in [0.1, 0.15) is 37.7 Å². The first-order valence-electron chi connectivity index (χ1n) is 10.2. The maximum Gasteiger partial charge on any atom is 0.283 e. The summed E-state index contributed by atoms with van der Waals surface area (Å²) < 4.78 is 0. The molecule has 1 aliphatic heterocycles. The smallest absolute Gasteiger partial charge is 0.283 e. The number of benzene rings is 1. The van der Waals surface area contributed by atoms with Gasteiger partial charge in [0.2, 0.25) is 0 Å². The number of fused-ring (bicyclic) bond motifs is 1. The van der Waals surface area contributed by atoms with Gasteiger partial charge < -0.3 is 5.32 Å². The van der Waals surface area contributed by atoms with Gasteiger partial charge in [0.05, 0.1) is 15.9 Å². The lowest BCUT2D eigenvalue weighted by Gasteiger charge is -2.22. The molecule has 6 heteroatoms. The minimum Gasteiger partial charge on any atom is -0.352 e. The molecule has 4 rings (SSSR count). The summed E-state index contributed by atoms with van der Waals surface area (Å²) in [5, 5.41) is 3.53. The Morgan fingerprint density at radius 1 is 1.33 bits per heavy atom. The first-order valence-corrected chi connectivity index (χ1v) is 11.5. The van der Waals surface area contributed by atoms with Gasteiger partial charge in [0.25, 0.3) is 11.8 Å². The average molecular weight is 439 g/mol. The normalized spacial score (nSPS) is 22.2. The molecule has 1 atom stereocenters. The highest BCUT2D eigenvalue weighted by atomic mass is 35.5. The molecule has 0 spiro atoms. The molecule has 2 amide bonds. The molecule has 0 aromatic heterocycles. The molecular weight excluding hydrogens is 416 g/mol. The molecule has 2 aliphatic carbocycles. The highest BCUT2D eigenvalue weighted by molar-refractivity contribution is 8.05. The second-order valence-corrected chi connectivity index (χ2v) is 9.14. The van der Waals surface area contributed by atoms with E-state index in [0.717, 1.165) is 24.8 Å². The van der Waals surface area contributed by atoms with Crippen molar-refractivity contribution < 1.29 is 9.59 Å². The lowest BCUT2D eigenvalue weighted by molar-refractivity contribution is -0.117. The number of allylic oxidation sites excluding steroid dienone is 2. The molecule has 154 valence electrons. The van der Waals surface area contributed by atoms with E-state index in [1.807, 2.05) is 30.4 Å². The van der Waals surface area contributed by atoms with Crippen LogP contribution in [0.3, 0.4) is 0 Å². The van der Waals surface area contributed by atoms with Gasteiger partial charge >= 0.3 is 0 Å². The fraction of sp³-hybridized carbons (Fsp3) is 0.292. The van der Waals surface area contributed by atoms with Crippen LogP contribution in [0.2, 0.25) is 5.02 Å². The Hall–Kier alpha value is -2.37. The number of carbonyl (C=O) groups excluding carboxylic acids is 2. The van der Waals surface area contributed by atoms with Crippen LogP contribution >= 0.6 is 23.4 Å². The Morgan fingerprint density at radius 2 is 2.23 bits per heavy atom. The number of hydrogen-bond acceptors (Lipinski definition) is 3. The minimum atomic E-state index is -0.290. The van der Waals surface area contributed by atoms with Crippen LogP contribution in [0, 0.1) is 0 Å². The van der Waals surface area contributed by atoms with Gasteiger partial charge in [-0.15, -0.1) is 11.8 Å². The number of nitrogens with one attached hydrogen (secondary N) is 1. The summed E-state index contributed by atoms with van der Waals surface area (Å²) in [6, 6.07) is 7.35. The predicted molar refractivity (Wildman–Crippen MR) is 125 cm³/mol. The Morgan fingerprint density at radius 3 is 3.03 bits per heavy atom. The standard InChI is InChI=1S/C24H23ClN2O2S/c25-19-8-4-7-17(13-19)14-22-24(29)27-20-15-18(9-10-21(20)30-22)23(28)26-12-11-16-5-2-1-3-6-16/h4-5,7-10,13-15,21H,1-3,6,11-12H2,(H,26,28)/b22-14+. The van der Waals surface area contributed by atoms with Gasteiger partial charge in [-0.3, -0.25) is 9.59 Å². The summed E-state index contributed by atoms with van der Waals surface area (Å²) in [7, 11) is 0. The molecule has 1 aromatic rings. The minimum absolute atomic E-state index is 0.0721. The van der Waals surface area contributed by atoms with E-state index in [9.17, 15) is 9.59 Å². The lowest BCUT2D eigenvalue weighted by atomic mass is 9.97. The van der Waals surface area contributed by atoms with Crippen molar-refractivity contribution in [1.82, 2.24) is 5.32 Å². The molecule has 30 heavy (non-hydrogen) atoms. The van der Waals surface area contributed by atoms with Crippen LogP contribution in [0.4, 0.5) is 0 Å². The van der Waals surface area contributed by atoms with E-state index >= 15 is 0 Å². The van der Waals surface area contributed by atoms with E-state index < -0.39 is 0 Å². The van der Waals surface area contributed by atoms with E-state index in [4.69, 9.17) is 11.6 Å². The number of hydrogen-bond donors (Lipinski definition) is 1. The summed E-state index contributed by atoms with van der Waals surface area (Å²) in [4.78, 5) is 29.8. The van der Waals surface area contributed by atoms with Crippen LogP contribution in [0.25, 0.3) is 6.08 Å². The number of carbonyl (C=O) groups is 2. The third-order valence-corrected chi connectivity index (χ3v) is 6.70. The van der Waals surface area contributed by atoms with Gasteiger partial charge in [-0.2, -0.15) is 0 Å². The summed E-state index contributed by atoms with van der Waals surface area (Å²) >= 11 is 7.47. The molecule has 0 radical (unpaired) electrons. The zero-order valence-electron chi connectivity index (χ0n) is 16.6. The monoisotopic (exact) mass is 438 g/mol. The summed E-state index contributed by atoms with van der Waals surface area (Å²) in [5.41, 5.74) is 3.46. The Labute approximate surface area is 185 Å². The molecule has 3 aliphatic rings. The fourth-order valence-corrected chi connectivity index (χ4v) is 4.91. The predicted octanol–water partition coefficient (Wildman–Crippen LogP) is 5.27. The van der Waals surface area contributed by atoms with Crippen LogP contribution in [0.15, 0.2) is 69.6 Å². The molecule has 0 saturated heterocycles. The number of thioether (sulfide) groups is 1. The van der Waals surface area contributed by atoms with Crippen molar-refractivity contribution >= 4 is 47.0 Å². The van der Waals surface area contributed by atoms with E-state index in [1.165, 1.54) is 30.2 Å². The van der Waals surface area contributed by atoms with E-state index in [-0.39, 0.29) is 17.1 Å². The van der Waals surface area contributed by atoms with Gasteiger partial charge in [-0.05, 0) is 62.0 Å². The first kappa shape index (κ1) is 20.9. The number of rotatable bonds is 5. The van der Waals surface area contributed by atoms with Gasteiger partial charge in [0, 0.05) is 17.1 Å². The summed E-state index contributed by atoms with van der Waals surface area (Å²) in [5.74, 6) is -0.414. The van der Waals surface area contributed by atoms with Crippen molar-refractivity contribution in [3.63, 3.8) is 0 Å². The van der Waals surface area contributed by atoms with Crippen LogP contribution < -0.4 is 5.32 Å². The molecule has 4 nitrogen and oxygen atoms in total. The number of aliphatic imine (C=N–C) groups is 1. The zero-order valence-corrected chi connectivity index (χ0v) is 18.1. The third kappa shape index (κ3) is 5.21. The van der Waals surface area contributed by atoms with Gasteiger partial charge in [-0.25, -0.2) is 4.99 Å². The fourth-order valence-electron chi connectivity index (χ4n) is 3.69. The largest absolute Gasteiger partial charge is 0.352 e. The van der Waals surface area contributed by atoms with Crippen molar-refractivity contribution in [2.24, 2.45) is 4.99 Å². The van der Waals surface area contributed by atoms with Gasteiger partial charge in [-0.1, -0.05) is 47.5 Å². The van der Waals surface area contributed by atoms with Gasteiger partial charge in [0.1, 0.15) is 0 Å². The molecule has 1 N–H and O–H groups in total. The number of amides is 2. The van der Waals surface area contributed by atoms with E-state index in [0.29, 0.717) is 27.8 Å². The third-order valence-electron chi connectivity index (χ3n) is 5.27. The van der Waals surface area contributed by atoms with Crippen molar-refractivity contribution in [3.8, 4) is 0 Å². The second-order valence-electron chi connectivity index (χ2n) is 7.52. The molecule has 1 aromatic carbocycles. The topological polar surface area (TPSA) is 58.5 Å². The summed E-state index contributed by atoms with van der Waals surface area (Å²) in [6.07, 6.45) is 15.3. The lowest BCUT2D eigenvalue weighted by Crippen LogP contribution is -2.30. The van der Waals surface area contributed by atoms with Crippen LogP contribution in [0.5, 0.6) is 0 Å². The molecule has 0 fully saturated rings. The molecule has 0 bridgehead atoms. The van der Waals surface area contributed by atoms with E-state index in [1.54, 1.807) is 18.2 Å². The zero-order chi connectivity index (χ0) is 20.9. The SMILES string of the molecule is O=C(NCCC1=CCCCC1)C1=CC2=NC(=O)/C(=C\c3cccc(Cl)c3)SC2C=C1. The van der Waals surface area contributed by atoms with Gasteiger partial charge in [0.15, 0.2) is 0 Å². The second kappa shape index (κ2) is 9.63. The first-order chi connectivity index (χ1) is 14.6. The Balaban J connectivity index is 1.40. The Kier molecular flexibility index (Phi) is 6.70. The van der Waals surface area contributed by atoms with Crippen molar-refractivity contribution in [3.05, 3.63) is 75.2 Å². The maximum absolute atomic E-state index is 12.5. The quantitative estimate of drug-likeness (QED) is 0.503. The maximum atomic E-state index is 12.5. The number of nitrogens with zero attached hydrogens (tertiary/aromatic N) is 1. The van der Waals surface area contributed by atoms with Crippen LogP contribution in [-0.4, -0.2) is 29.3 Å². The van der Waals surface area contributed by atoms with Crippen LogP contribution in [-0.2, 0) is 9.59 Å². The number of halogens is 1. The average Bonchev–Trinajstić information content (AvgIpc) is 2.75. The molecule has 1 heterocycles. The Bertz CT molecular complexity index is 1020. The molecule has 1 unspecified atom stereocenters. The highest BCUT2D eigenvalue weighted by Crippen LogP contribution is 2.34. The van der Waals surface area contributed by atoms with Crippen molar-refractivity contribution in [1.29, 1.82) is 0 Å².